The van der Waals surface area contributed by atoms with Crippen molar-refractivity contribution < 1.29 is 23.9 Å². The number of amides is 2. The number of nitrogens with one attached hydrogen (secondary N) is 1. The lowest BCUT2D eigenvalue weighted by molar-refractivity contribution is -0.145. The summed E-state index contributed by atoms with van der Waals surface area (Å²) in [6.45, 7) is 6.66. The van der Waals surface area contributed by atoms with E-state index < -0.39 is 17.6 Å². The first-order chi connectivity index (χ1) is 13.7. The molecule has 2 amide bonds. The molecule has 0 saturated carbocycles. The summed E-state index contributed by atoms with van der Waals surface area (Å²) in [5.74, 6) is -0.460. The number of likely N-dealkylation sites (tertiary alicyclic amines) is 1. The first kappa shape index (κ1) is 22.7. The summed E-state index contributed by atoms with van der Waals surface area (Å²) in [5.41, 5.74) is 0.434. The van der Waals surface area contributed by atoms with Gasteiger partial charge in [-0.1, -0.05) is 30.3 Å². The molecule has 1 N–H and O–H groups in total. The zero-order chi connectivity index (χ0) is 21.4. The Morgan fingerprint density at radius 1 is 1.14 bits per heavy atom. The Morgan fingerprint density at radius 2 is 1.76 bits per heavy atom. The average molecular weight is 405 g/mol. The maximum Gasteiger partial charge on any atom is 0.410 e. The Labute approximate surface area is 172 Å². The van der Waals surface area contributed by atoms with Gasteiger partial charge >= 0.3 is 12.1 Å². The van der Waals surface area contributed by atoms with E-state index in [2.05, 4.69) is 5.32 Å². The van der Waals surface area contributed by atoms with Crippen molar-refractivity contribution in [3.8, 4) is 0 Å². The van der Waals surface area contributed by atoms with Gasteiger partial charge in [-0.2, -0.15) is 0 Å². The normalized spacial score (nSPS) is 16.1. The molecule has 1 fully saturated rings. The van der Waals surface area contributed by atoms with Gasteiger partial charge < -0.3 is 19.7 Å². The van der Waals surface area contributed by atoms with Gasteiger partial charge in [0.05, 0.1) is 7.11 Å². The third-order valence-electron chi connectivity index (χ3n) is 4.84. The molecule has 1 atom stereocenters. The van der Waals surface area contributed by atoms with Crippen molar-refractivity contribution in [3.63, 3.8) is 0 Å². The van der Waals surface area contributed by atoms with Crippen molar-refractivity contribution in [2.75, 3.05) is 20.2 Å². The highest BCUT2D eigenvalue weighted by atomic mass is 16.6. The molecule has 0 aromatic heterocycles. The van der Waals surface area contributed by atoms with Crippen molar-refractivity contribution in [2.45, 2.75) is 58.1 Å². The molecule has 0 spiro atoms. The molecule has 0 unspecified atom stereocenters. The van der Waals surface area contributed by atoms with E-state index >= 15 is 0 Å². The Hall–Kier alpha value is -2.57. The van der Waals surface area contributed by atoms with E-state index in [0.717, 1.165) is 18.4 Å². The molecule has 29 heavy (non-hydrogen) atoms. The van der Waals surface area contributed by atoms with E-state index in [-0.39, 0.29) is 17.9 Å². The number of piperidine rings is 1. The van der Waals surface area contributed by atoms with Crippen LogP contribution in [-0.2, 0) is 25.5 Å². The number of ether oxygens (including phenoxy) is 2. The smallest absolute Gasteiger partial charge is 0.410 e. The molecule has 0 aliphatic carbocycles. The number of hydrogen-bond donors (Lipinski definition) is 1. The van der Waals surface area contributed by atoms with Crippen LogP contribution in [0.25, 0.3) is 0 Å². The van der Waals surface area contributed by atoms with E-state index in [1.807, 2.05) is 51.1 Å². The SMILES string of the molecule is COC(=O)[C@H](Cc1ccccc1)NC(=O)CC1CCN(C(=O)OC(C)(C)C)CC1. The lowest BCUT2D eigenvalue weighted by atomic mass is 9.93. The zero-order valence-electron chi connectivity index (χ0n) is 17.8. The average Bonchev–Trinajstić information content (AvgIpc) is 2.67. The molecule has 0 radical (unpaired) electrons. The Kier molecular flexibility index (Phi) is 8.05. The molecular weight excluding hydrogens is 372 g/mol. The first-order valence-corrected chi connectivity index (χ1v) is 10.1. The summed E-state index contributed by atoms with van der Waals surface area (Å²) < 4.78 is 10.2. The largest absolute Gasteiger partial charge is 0.467 e. The molecule has 1 aromatic rings. The molecular formula is C22H32N2O5. The van der Waals surface area contributed by atoms with Crippen LogP contribution in [0.15, 0.2) is 30.3 Å². The summed E-state index contributed by atoms with van der Waals surface area (Å²) >= 11 is 0. The molecule has 7 nitrogen and oxygen atoms in total. The van der Waals surface area contributed by atoms with Crippen LogP contribution in [0.5, 0.6) is 0 Å². The molecule has 1 aliphatic rings. The minimum atomic E-state index is -0.711. The molecule has 160 valence electrons. The maximum absolute atomic E-state index is 12.5. The Morgan fingerprint density at radius 3 is 2.31 bits per heavy atom. The Balaban J connectivity index is 1.83. The highest BCUT2D eigenvalue weighted by Gasteiger charge is 2.29. The second-order valence-electron chi connectivity index (χ2n) is 8.45. The lowest BCUT2D eigenvalue weighted by Crippen LogP contribution is -2.45. The number of esters is 1. The number of hydrogen-bond acceptors (Lipinski definition) is 5. The van der Waals surface area contributed by atoms with Crippen molar-refractivity contribution in [2.24, 2.45) is 5.92 Å². The number of benzene rings is 1. The molecule has 1 saturated heterocycles. The summed E-state index contributed by atoms with van der Waals surface area (Å²) in [4.78, 5) is 38.4. The van der Waals surface area contributed by atoms with Gasteiger partial charge in [0.15, 0.2) is 0 Å². The van der Waals surface area contributed by atoms with E-state index in [9.17, 15) is 14.4 Å². The second kappa shape index (κ2) is 10.3. The van der Waals surface area contributed by atoms with Gasteiger partial charge in [-0.05, 0) is 45.1 Å². The molecule has 1 aliphatic heterocycles. The van der Waals surface area contributed by atoms with Gasteiger partial charge in [0, 0.05) is 25.9 Å². The fraction of sp³-hybridized carbons (Fsp3) is 0.591. The number of rotatable bonds is 6. The van der Waals surface area contributed by atoms with Crippen molar-refractivity contribution in [3.05, 3.63) is 35.9 Å². The highest BCUT2D eigenvalue weighted by molar-refractivity contribution is 5.84. The van der Waals surface area contributed by atoms with Gasteiger partial charge in [-0.15, -0.1) is 0 Å². The van der Waals surface area contributed by atoms with Gasteiger partial charge in [-0.3, -0.25) is 4.79 Å². The van der Waals surface area contributed by atoms with Crippen LogP contribution in [0.4, 0.5) is 4.79 Å². The lowest BCUT2D eigenvalue weighted by Gasteiger charge is -2.33. The van der Waals surface area contributed by atoms with Crippen LogP contribution in [-0.4, -0.2) is 54.7 Å². The van der Waals surface area contributed by atoms with Crippen LogP contribution in [0.1, 0.15) is 45.6 Å². The second-order valence-corrected chi connectivity index (χ2v) is 8.45. The monoisotopic (exact) mass is 404 g/mol. The maximum atomic E-state index is 12.5. The Bertz CT molecular complexity index is 691. The van der Waals surface area contributed by atoms with Crippen LogP contribution >= 0.6 is 0 Å². The predicted molar refractivity (Wildman–Crippen MR) is 109 cm³/mol. The summed E-state index contributed by atoms with van der Waals surface area (Å²) in [6, 6.07) is 8.80. The van der Waals surface area contributed by atoms with Gasteiger partial charge in [0.25, 0.3) is 0 Å². The summed E-state index contributed by atoms with van der Waals surface area (Å²) in [5, 5.41) is 2.81. The van der Waals surface area contributed by atoms with Gasteiger partial charge in [0.1, 0.15) is 11.6 Å². The first-order valence-electron chi connectivity index (χ1n) is 10.1. The van der Waals surface area contributed by atoms with E-state index in [1.54, 1.807) is 4.90 Å². The number of carbonyl (C=O) groups is 3. The van der Waals surface area contributed by atoms with Crippen molar-refractivity contribution >= 4 is 18.0 Å². The third-order valence-corrected chi connectivity index (χ3v) is 4.84. The van der Waals surface area contributed by atoms with Crippen LogP contribution in [0.3, 0.4) is 0 Å². The highest BCUT2D eigenvalue weighted by Crippen LogP contribution is 2.22. The topological polar surface area (TPSA) is 84.9 Å². The standard InChI is InChI=1S/C22H32N2O5/c1-22(2,3)29-21(27)24-12-10-17(11-13-24)15-19(25)23-18(20(26)28-4)14-16-8-6-5-7-9-16/h5-9,17-18H,10-15H2,1-4H3,(H,23,25)/t18-/m0/s1. The van der Waals surface area contributed by atoms with Crippen LogP contribution in [0.2, 0.25) is 0 Å². The molecule has 0 bridgehead atoms. The minimum absolute atomic E-state index is 0.170. The van der Waals surface area contributed by atoms with Gasteiger partial charge in [0.2, 0.25) is 5.91 Å². The predicted octanol–water partition coefficient (Wildman–Crippen LogP) is 2.92. The van der Waals surface area contributed by atoms with E-state index in [4.69, 9.17) is 9.47 Å². The fourth-order valence-electron chi connectivity index (χ4n) is 3.35. The molecule has 1 heterocycles. The van der Waals surface area contributed by atoms with Gasteiger partial charge in [-0.25, -0.2) is 9.59 Å². The minimum Gasteiger partial charge on any atom is -0.467 e. The quantitative estimate of drug-likeness (QED) is 0.737. The fourth-order valence-corrected chi connectivity index (χ4v) is 3.35. The molecule has 1 aromatic carbocycles. The zero-order valence-corrected chi connectivity index (χ0v) is 17.8. The number of methoxy groups -OCH3 is 1. The summed E-state index contributed by atoms with van der Waals surface area (Å²) in [7, 11) is 1.32. The summed E-state index contributed by atoms with van der Waals surface area (Å²) in [6.07, 6.45) is 1.86. The number of carbonyl (C=O) groups excluding carboxylic acids is 3. The molecule has 7 heteroatoms. The number of nitrogens with zero attached hydrogens (tertiary/aromatic N) is 1. The van der Waals surface area contributed by atoms with Crippen molar-refractivity contribution in [1.29, 1.82) is 0 Å². The third kappa shape index (κ3) is 7.75. The van der Waals surface area contributed by atoms with E-state index in [1.165, 1.54) is 7.11 Å². The van der Waals surface area contributed by atoms with Crippen LogP contribution < -0.4 is 5.32 Å². The van der Waals surface area contributed by atoms with E-state index in [0.29, 0.717) is 25.9 Å². The molecule has 2 rings (SSSR count). The van der Waals surface area contributed by atoms with Crippen LogP contribution in [0, 0.1) is 5.92 Å². The van der Waals surface area contributed by atoms with Crippen molar-refractivity contribution in [1.82, 2.24) is 10.2 Å².